The molecule has 1 fully saturated rings. The first kappa shape index (κ1) is 22.2. The SMILES string of the molecule is CC[C@]12CC[C@@H]3c4ccc(C(=O)O)cc4CC[C@H]3[C@@H]1CC=C2c1cncc(CC(F)(F)F)c1. The normalized spacial score (nSPS) is 28.5. The third-order valence-corrected chi connectivity index (χ3v) is 8.43. The van der Waals surface area contributed by atoms with E-state index < -0.39 is 18.6 Å². The van der Waals surface area contributed by atoms with Crippen LogP contribution in [0.1, 0.15) is 77.6 Å². The van der Waals surface area contributed by atoms with Crippen LogP contribution < -0.4 is 0 Å². The fraction of sp³-hybridized carbons (Fsp3) is 0.481. The number of alkyl halides is 3. The van der Waals surface area contributed by atoms with Crippen molar-refractivity contribution in [2.24, 2.45) is 17.3 Å². The Hall–Kier alpha value is -2.63. The van der Waals surface area contributed by atoms with Crippen LogP contribution >= 0.6 is 0 Å². The van der Waals surface area contributed by atoms with Crippen LogP contribution in [-0.2, 0) is 12.8 Å². The largest absolute Gasteiger partial charge is 0.478 e. The molecule has 3 nitrogen and oxygen atoms in total. The minimum absolute atomic E-state index is 0.0296. The van der Waals surface area contributed by atoms with Crippen LogP contribution in [0.25, 0.3) is 5.57 Å². The van der Waals surface area contributed by atoms with E-state index in [1.807, 2.05) is 12.1 Å². The summed E-state index contributed by atoms with van der Waals surface area (Å²) in [5, 5.41) is 9.35. The second kappa shape index (κ2) is 8.00. The number of benzene rings is 1. The van der Waals surface area contributed by atoms with E-state index in [-0.39, 0.29) is 11.0 Å². The lowest BCUT2D eigenvalue weighted by molar-refractivity contribution is -0.127. The molecule has 4 atom stereocenters. The van der Waals surface area contributed by atoms with Crippen LogP contribution in [-0.4, -0.2) is 22.2 Å². The lowest BCUT2D eigenvalue weighted by atomic mass is 9.52. The Labute approximate surface area is 191 Å². The predicted octanol–water partition coefficient (Wildman–Crippen LogP) is 6.82. The number of halogens is 3. The van der Waals surface area contributed by atoms with Crippen molar-refractivity contribution in [3.63, 3.8) is 0 Å². The van der Waals surface area contributed by atoms with Crippen LogP contribution in [0.15, 0.2) is 42.7 Å². The van der Waals surface area contributed by atoms with E-state index in [4.69, 9.17) is 0 Å². The van der Waals surface area contributed by atoms with Gasteiger partial charge in [0, 0.05) is 12.4 Å². The second-order valence-corrected chi connectivity index (χ2v) is 9.91. The van der Waals surface area contributed by atoms with Gasteiger partial charge in [-0.25, -0.2) is 4.79 Å². The molecule has 0 saturated heterocycles. The van der Waals surface area contributed by atoms with Gasteiger partial charge in [-0.05, 0) is 108 Å². The van der Waals surface area contributed by atoms with Crippen molar-refractivity contribution >= 4 is 11.5 Å². The minimum atomic E-state index is -4.25. The Balaban J connectivity index is 1.45. The van der Waals surface area contributed by atoms with E-state index in [1.165, 1.54) is 17.3 Å². The highest BCUT2D eigenvalue weighted by Gasteiger charge is 2.53. The maximum absolute atomic E-state index is 13.0. The number of fused-ring (bicyclic) bond motifs is 5. The van der Waals surface area contributed by atoms with Crippen LogP contribution in [0.5, 0.6) is 0 Å². The zero-order valence-corrected chi connectivity index (χ0v) is 18.7. The molecule has 1 N–H and O–H groups in total. The minimum Gasteiger partial charge on any atom is -0.478 e. The quantitative estimate of drug-likeness (QED) is 0.550. The molecular weight excluding hydrogens is 427 g/mol. The molecule has 5 rings (SSSR count). The highest BCUT2D eigenvalue weighted by molar-refractivity contribution is 5.88. The summed E-state index contributed by atoms with van der Waals surface area (Å²) in [5.41, 5.74) is 5.00. The molecule has 0 unspecified atom stereocenters. The number of nitrogens with zero attached hydrogens (tertiary/aromatic N) is 1. The van der Waals surface area contributed by atoms with Gasteiger partial charge in [0.15, 0.2) is 0 Å². The predicted molar refractivity (Wildman–Crippen MR) is 120 cm³/mol. The molecule has 1 saturated carbocycles. The molecule has 1 aromatic heterocycles. The molecule has 0 bridgehead atoms. The molecular formula is C27H28F3NO2. The van der Waals surface area contributed by atoms with Crippen molar-refractivity contribution in [2.75, 3.05) is 0 Å². The number of pyridine rings is 1. The van der Waals surface area contributed by atoms with Gasteiger partial charge < -0.3 is 5.11 Å². The fourth-order valence-corrected chi connectivity index (χ4v) is 7.11. The monoisotopic (exact) mass is 455 g/mol. The average molecular weight is 456 g/mol. The number of rotatable bonds is 4. The first-order valence-corrected chi connectivity index (χ1v) is 11.8. The Morgan fingerprint density at radius 2 is 2.03 bits per heavy atom. The van der Waals surface area contributed by atoms with Gasteiger partial charge in [-0.15, -0.1) is 0 Å². The topological polar surface area (TPSA) is 50.2 Å². The molecule has 0 aliphatic heterocycles. The molecule has 0 spiro atoms. The highest BCUT2D eigenvalue weighted by Crippen LogP contribution is 2.64. The van der Waals surface area contributed by atoms with Crippen LogP contribution in [0.2, 0.25) is 0 Å². The summed E-state index contributed by atoms with van der Waals surface area (Å²) in [6, 6.07) is 7.26. The molecule has 0 radical (unpaired) electrons. The molecule has 1 heterocycles. The molecule has 33 heavy (non-hydrogen) atoms. The number of allylic oxidation sites excluding steroid dienone is 2. The summed E-state index contributed by atoms with van der Waals surface area (Å²) in [6.07, 6.45) is 5.92. The molecule has 3 aliphatic carbocycles. The molecule has 174 valence electrons. The van der Waals surface area contributed by atoms with Crippen LogP contribution in [0.4, 0.5) is 13.2 Å². The summed E-state index contributed by atoms with van der Waals surface area (Å²) in [4.78, 5) is 15.6. The van der Waals surface area contributed by atoms with Gasteiger partial charge in [-0.2, -0.15) is 13.2 Å². The molecule has 6 heteroatoms. The number of hydrogen-bond acceptors (Lipinski definition) is 2. The summed E-state index contributed by atoms with van der Waals surface area (Å²) < 4.78 is 38.9. The first-order chi connectivity index (χ1) is 15.7. The van der Waals surface area contributed by atoms with E-state index >= 15 is 0 Å². The number of carboxylic acids is 1. The smallest absolute Gasteiger partial charge is 0.393 e. The Morgan fingerprint density at radius 3 is 2.76 bits per heavy atom. The standard InChI is InChI=1S/C27H28F3NO2/c1-2-26-10-9-21-20-5-4-18(25(32)33)12-17(20)3-6-22(21)24(26)8-7-23(26)19-11-16(14-31-15-19)13-27(28,29)30/h4-5,7,11-12,14-15,21-22,24H,2-3,6,8-10,13H2,1H3,(H,32,33)/t21-,22-,24+,26-/m1/s1. The lowest BCUT2D eigenvalue weighted by Crippen LogP contribution is -2.42. The average Bonchev–Trinajstić information content (AvgIpc) is 3.17. The summed E-state index contributed by atoms with van der Waals surface area (Å²) >= 11 is 0. The number of hydrogen-bond donors (Lipinski definition) is 1. The van der Waals surface area contributed by atoms with Gasteiger partial charge in [0.1, 0.15) is 0 Å². The summed E-state index contributed by atoms with van der Waals surface area (Å²) in [7, 11) is 0. The molecule has 0 amide bonds. The van der Waals surface area contributed by atoms with E-state index in [2.05, 4.69) is 18.0 Å². The lowest BCUT2D eigenvalue weighted by Gasteiger charge is -2.52. The molecule has 2 aromatic rings. The number of carbonyl (C=O) groups is 1. The molecule has 3 aliphatic rings. The molecule has 1 aromatic carbocycles. The van der Waals surface area contributed by atoms with Gasteiger partial charge in [0.25, 0.3) is 0 Å². The second-order valence-electron chi connectivity index (χ2n) is 9.91. The Kier molecular flexibility index (Phi) is 5.37. The van der Waals surface area contributed by atoms with Crippen molar-refractivity contribution < 1.29 is 23.1 Å². The van der Waals surface area contributed by atoms with Gasteiger partial charge >= 0.3 is 12.1 Å². The van der Waals surface area contributed by atoms with Gasteiger partial charge in [0.2, 0.25) is 0 Å². The Morgan fingerprint density at radius 1 is 1.21 bits per heavy atom. The van der Waals surface area contributed by atoms with Crippen molar-refractivity contribution in [2.45, 2.75) is 64.0 Å². The van der Waals surface area contributed by atoms with Crippen LogP contribution in [0, 0.1) is 17.3 Å². The van der Waals surface area contributed by atoms with Crippen molar-refractivity contribution in [3.8, 4) is 0 Å². The van der Waals surface area contributed by atoms with E-state index in [0.29, 0.717) is 23.3 Å². The third-order valence-electron chi connectivity index (χ3n) is 8.43. The Bertz CT molecular complexity index is 1120. The zero-order valence-electron chi connectivity index (χ0n) is 18.7. The van der Waals surface area contributed by atoms with Gasteiger partial charge in [0.05, 0.1) is 12.0 Å². The number of aromatic carboxylic acids is 1. The van der Waals surface area contributed by atoms with Gasteiger partial charge in [-0.1, -0.05) is 19.1 Å². The van der Waals surface area contributed by atoms with Gasteiger partial charge in [-0.3, -0.25) is 4.98 Å². The van der Waals surface area contributed by atoms with Crippen molar-refractivity contribution in [3.05, 3.63) is 70.6 Å². The van der Waals surface area contributed by atoms with E-state index in [0.717, 1.165) is 49.7 Å². The first-order valence-electron chi connectivity index (χ1n) is 11.8. The maximum atomic E-state index is 13.0. The highest BCUT2D eigenvalue weighted by atomic mass is 19.4. The van der Waals surface area contributed by atoms with Crippen molar-refractivity contribution in [1.29, 1.82) is 0 Å². The summed E-state index contributed by atoms with van der Waals surface area (Å²) in [5.74, 6) is 0.486. The number of aromatic nitrogens is 1. The van der Waals surface area contributed by atoms with E-state index in [9.17, 15) is 23.1 Å². The maximum Gasteiger partial charge on any atom is 0.393 e. The summed E-state index contributed by atoms with van der Waals surface area (Å²) in [6.45, 7) is 2.20. The fourth-order valence-electron chi connectivity index (χ4n) is 7.11. The van der Waals surface area contributed by atoms with Crippen LogP contribution in [0.3, 0.4) is 0 Å². The number of aryl methyl sites for hydroxylation is 1. The zero-order chi connectivity index (χ0) is 23.4. The van der Waals surface area contributed by atoms with Crippen molar-refractivity contribution in [1.82, 2.24) is 4.98 Å². The number of carboxylic acid groups (broad SMARTS) is 1. The third kappa shape index (κ3) is 3.77. The van der Waals surface area contributed by atoms with E-state index in [1.54, 1.807) is 18.3 Å².